The van der Waals surface area contributed by atoms with E-state index in [0.29, 0.717) is 16.9 Å². The molecule has 0 aliphatic rings. The molecule has 0 aliphatic carbocycles. The van der Waals surface area contributed by atoms with Crippen molar-refractivity contribution < 1.29 is 13.6 Å². The van der Waals surface area contributed by atoms with E-state index in [1.54, 1.807) is 18.2 Å². The van der Waals surface area contributed by atoms with E-state index in [1.165, 1.54) is 22.1 Å². The van der Waals surface area contributed by atoms with E-state index in [2.05, 4.69) is 4.98 Å². The summed E-state index contributed by atoms with van der Waals surface area (Å²) in [5.41, 5.74) is 0.736. The van der Waals surface area contributed by atoms with Crippen molar-refractivity contribution in [1.29, 1.82) is 5.26 Å². The van der Waals surface area contributed by atoms with Crippen LogP contribution in [0.15, 0.2) is 62.6 Å². The van der Waals surface area contributed by atoms with Crippen LogP contribution in [-0.4, -0.2) is 26.9 Å². The molecule has 0 bridgehead atoms. The molecule has 0 fully saturated rings. The van der Waals surface area contributed by atoms with Gasteiger partial charge in [-0.15, -0.1) is 0 Å². The highest BCUT2D eigenvalue weighted by molar-refractivity contribution is 6.01. The van der Waals surface area contributed by atoms with Crippen LogP contribution >= 0.6 is 0 Å². The molecule has 140 valence electrons. The molecule has 4 aromatic rings. The van der Waals surface area contributed by atoms with Gasteiger partial charge < -0.3 is 13.7 Å². The van der Waals surface area contributed by atoms with E-state index in [0.717, 1.165) is 5.39 Å². The highest BCUT2D eigenvalue weighted by atomic mass is 16.3. The number of hydrogen-bond donors (Lipinski definition) is 0. The second-order valence-electron chi connectivity index (χ2n) is 6.26. The lowest BCUT2D eigenvalue weighted by Gasteiger charge is -2.20. The Morgan fingerprint density at radius 2 is 2.11 bits per heavy atom. The predicted molar refractivity (Wildman–Crippen MR) is 100 cm³/mol. The zero-order chi connectivity index (χ0) is 19.5. The third-order valence-electron chi connectivity index (χ3n) is 4.43. The lowest BCUT2D eigenvalue weighted by Crippen LogP contribution is -2.36. The van der Waals surface area contributed by atoms with Crippen LogP contribution in [0.4, 0.5) is 0 Å². The number of rotatable bonds is 6. The van der Waals surface area contributed by atoms with Crippen molar-refractivity contribution in [3.05, 3.63) is 65.1 Å². The van der Waals surface area contributed by atoms with E-state index in [-0.39, 0.29) is 37.5 Å². The number of carbonyl (C=O) groups excluding carboxylic acids is 1. The Balaban J connectivity index is 1.62. The lowest BCUT2D eigenvalue weighted by atomic mass is 10.2. The number of amides is 1. The summed E-state index contributed by atoms with van der Waals surface area (Å²) < 4.78 is 12.1. The van der Waals surface area contributed by atoms with Crippen molar-refractivity contribution in [2.45, 2.75) is 19.5 Å². The summed E-state index contributed by atoms with van der Waals surface area (Å²) in [6, 6.07) is 12.8. The topological polar surface area (TPSA) is 105 Å². The van der Waals surface area contributed by atoms with Crippen LogP contribution < -0.4 is 5.56 Å². The first-order valence-corrected chi connectivity index (χ1v) is 8.71. The van der Waals surface area contributed by atoms with Gasteiger partial charge in [0, 0.05) is 11.9 Å². The van der Waals surface area contributed by atoms with Crippen molar-refractivity contribution >= 4 is 28.0 Å². The molecule has 0 radical (unpaired) electrons. The first kappa shape index (κ1) is 17.5. The van der Waals surface area contributed by atoms with Gasteiger partial charge in [-0.1, -0.05) is 12.1 Å². The Labute approximate surface area is 159 Å². The highest BCUT2D eigenvalue weighted by Gasteiger charge is 2.19. The minimum atomic E-state index is -0.423. The normalized spacial score (nSPS) is 11.0. The third kappa shape index (κ3) is 3.25. The fourth-order valence-electron chi connectivity index (χ4n) is 3.04. The first-order valence-electron chi connectivity index (χ1n) is 8.71. The SMILES string of the molecule is N#CCCN(Cc1ccco1)C(=O)Cn1cnc2c(oc3ccccc32)c1=O. The molecule has 0 N–H and O–H groups in total. The average Bonchev–Trinajstić information content (AvgIpc) is 3.35. The summed E-state index contributed by atoms with van der Waals surface area (Å²) in [6.07, 6.45) is 3.05. The molecule has 8 heteroatoms. The van der Waals surface area contributed by atoms with E-state index < -0.39 is 5.56 Å². The average molecular weight is 376 g/mol. The number of nitrogens with zero attached hydrogens (tertiary/aromatic N) is 4. The van der Waals surface area contributed by atoms with Crippen molar-refractivity contribution in [2.24, 2.45) is 0 Å². The van der Waals surface area contributed by atoms with Gasteiger partial charge in [-0.25, -0.2) is 4.98 Å². The molecule has 0 unspecified atom stereocenters. The molecule has 3 aromatic heterocycles. The molecule has 0 spiro atoms. The van der Waals surface area contributed by atoms with Crippen molar-refractivity contribution in [3.8, 4) is 6.07 Å². The minimum Gasteiger partial charge on any atom is -0.467 e. The van der Waals surface area contributed by atoms with Crippen LogP contribution in [0.25, 0.3) is 22.1 Å². The molecule has 0 saturated heterocycles. The van der Waals surface area contributed by atoms with Gasteiger partial charge in [-0.3, -0.25) is 14.2 Å². The number of fused-ring (bicyclic) bond motifs is 3. The molecule has 1 aromatic carbocycles. The number of carbonyl (C=O) groups is 1. The van der Waals surface area contributed by atoms with E-state index in [1.807, 2.05) is 24.3 Å². The smallest absolute Gasteiger partial charge is 0.297 e. The van der Waals surface area contributed by atoms with Gasteiger partial charge in [-0.2, -0.15) is 5.26 Å². The Kier molecular flexibility index (Phi) is 4.64. The number of para-hydroxylation sites is 1. The van der Waals surface area contributed by atoms with E-state index in [4.69, 9.17) is 14.1 Å². The standard InChI is InChI=1S/C20H16N4O4/c21-8-4-9-23(11-14-5-3-10-27-14)17(25)12-24-13-22-18-15-6-1-2-7-16(15)28-19(18)20(24)26/h1-3,5-7,10,13H,4,9,11-12H2. The number of hydrogen-bond acceptors (Lipinski definition) is 6. The highest BCUT2D eigenvalue weighted by Crippen LogP contribution is 2.24. The van der Waals surface area contributed by atoms with Crippen LogP contribution in [0.1, 0.15) is 12.2 Å². The molecule has 28 heavy (non-hydrogen) atoms. The number of furan rings is 2. The van der Waals surface area contributed by atoms with Crippen LogP contribution in [-0.2, 0) is 17.9 Å². The summed E-state index contributed by atoms with van der Waals surface area (Å²) >= 11 is 0. The van der Waals surface area contributed by atoms with Crippen LogP contribution in [0.3, 0.4) is 0 Å². The van der Waals surface area contributed by atoms with Crippen molar-refractivity contribution in [2.75, 3.05) is 6.54 Å². The third-order valence-corrected chi connectivity index (χ3v) is 4.43. The molecule has 8 nitrogen and oxygen atoms in total. The minimum absolute atomic E-state index is 0.117. The van der Waals surface area contributed by atoms with Crippen LogP contribution in [0.2, 0.25) is 0 Å². The Morgan fingerprint density at radius 3 is 2.89 bits per heavy atom. The Bertz CT molecular complexity index is 1230. The summed E-state index contributed by atoms with van der Waals surface area (Å²) in [5.74, 6) is 0.288. The van der Waals surface area contributed by atoms with Gasteiger partial charge in [-0.05, 0) is 24.3 Å². The molecule has 3 heterocycles. The van der Waals surface area contributed by atoms with Gasteiger partial charge in [0.2, 0.25) is 11.5 Å². The van der Waals surface area contributed by atoms with Crippen molar-refractivity contribution in [1.82, 2.24) is 14.5 Å². The fourth-order valence-corrected chi connectivity index (χ4v) is 3.04. The largest absolute Gasteiger partial charge is 0.467 e. The van der Waals surface area contributed by atoms with Gasteiger partial charge in [0.05, 0.1) is 31.6 Å². The maximum absolute atomic E-state index is 12.8. The molecular formula is C20H16N4O4. The first-order chi connectivity index (χ1) is 13.7. The molecule has 1 amide bonds. The van der Waals surface area contributed by atoms with E-state index in [9.17, 15) is 9.59 Å². The predicted octanol–water partition coefficient (Wildman–Crippen LogP) is 2.68. The zero-order valence-electron chi connectivity index (χ0n) is 14.9. The fraction of sp³-hybridized carbons (Fsp3) is 0.200. The monoisotopic (exact) mass is 376 g/mol. The molecule has 0 aliphatic heterocycles. The second-order valence-corrected chi connectivity index (χ2v) is 6.26. The van der Waals surface area contributed by atoms with Crippen LogP contribution in [0.5, 0.6) is 0 Å². The quantitative estimate of drug-likeness (QED) is 0.512. The van der Waals surface area contributed by atoms with Gasteiger partial charge in [0.15, 0.2) is 0 Å². The summed E-state index contributed by atoms with van der Waals surface area (Å²) in [6.45, 7) is 0.263. The van der Waals surface area contributed by atoms with Crippen molar-refractivity contribution in [3.63, 3.8) is 0 Å². The summed E-state index contributed by atoms with van der Waals surface area (Å²) in [5, 5.41) is 9.61. The maximum Gasteiger partial charge on any atom is 0.297 e. The van der Waals surface area contributed by atoms with Gasteiger partial charge >= 0.3 is 0 Å². The molecule has 4 rings (SSSR count). The summed E-state index contributed by atoms with van der Waals surface area (Å²) in [7, 11) is 0. The Morgan fingerprint density at radius 1 is 1.25 bits per heavy atom. The zero-order valence-corrected chi connectivity index (χ0v) is 14.9. The van der Waals surface area contributed by atoms with Gasteiger partial charge in [0.25, 0.3) is 5.56 Å². The Hall–Kier alpha value is -3.86. The van der Waals surface area contributed by atoms with E-state index >= 15 is 0 Å². The second kappa shape index (κ2) is 7.40. The summed E-state index contributed by atoms with van der Waals surface area (Å²) in [4.78, 5) is 31.3. The maximum atomic E-state index is 12.8. The number of benzene rings is 1. The number of nitriles is 1. The molecular weight excluding hydrogens is 360 g/mol. The number of aromatic nitrogens is 2. The molecule has 0 saturated carbocycles. The molecule has 0 atom stereocenters. The van der Waals surface area contributed by atoms with Crippen LogP contribution in [0, 0.1) is 11.3 Å². The van der Waals surface area contributed by atoms with Gasteiger partial charge in [0.1, 0.15) is 23.4 Å². The lowest BCUT2D eigenvalue weighted by molar-refractivity contribution is -0.132.